The minimum Gasteiger partial charge on any atom is -0.436 e. The highest BCUT2D eigenvalue weighted by molar-refractivity contribution is 7.80. The molecule has 168 valence electrons. The zero-order valence-corrected chi connectivity index (χ0v) is 18.8. The van der Waals surface area contributed by atoms with Crippen molar-refractivity contribution in [1.82, 2.24) is 10.3 Å². The van der Waals surface area contributed by atoms with E-state index >= 15 is 0 Å². The number of fused-ring (bicyclic) bond motifs is 2. The van der Waals surface area contributed by atoms with E-state index in [9.17, 15) is 13.6 Å². The monoisotopic (exact) mass is 493 g/mol. The lowest BCUT2D eigenvalue weighted by Crippen LogP contribution is -2.34. The second-order valence-corrected chi connectivity index (χ2v) is 8.23. The Kier molecular flexibility index (Phi) is 5.69. The van der Waals surface area contributed by atoms with E-state index < -0.39 is 11.6 Å². The van der Waals surface area contributed by atoms with Crippen molar-refractivity contribution in [1.29, 1.82) is 0 Å². The van der Waals surface area contributed by atoms with Crippen LogP contribution in [-0.2, 0) is 0 Å². The van der Waals surface area contributed by atoms with Gasteiger partial charge in [-0.05, 0) is 65.5 Å². The van der Waals surface area contributed by atoms with Gasteiger partial charge in [0.05, 0.1) is 10.6 Å². The van der Waals surface area contributed by atoms with Gasteiger partial charge in [0.1, 0.15) is 5.52 Å². The Balaban J connectivity index is 1.33. The number of carbonyl (C=O) groups is 1. The van der Waals surface area contributed by atoms with Crippen LogP contribution in [0.1, 0.15) is 10.4 Å². The number of benzene rings is 4. The smallest absolute Gasteiger partial charge is 0.257 e. The molecule has 9 heteroatoms. The van der Waals surface area contributed by atoms with E-state index in [1.165, 1.54) is 0 Å². The normalized spacial score (nSPS) is 11.0. The molecular formula is C25H14ClF2N3O2S. The zero-order chi connectivity index (χ0) is 23.8. The molecule has 0 bridgehead atoms. The fourth-order valence-corrected chi connectivity index (χ4v) is 3.92. The molecule has 34 heavy (non-hydrogen) atoms. The number of anilines is 1. The van der Waals surface area contributed by atoms with Crippen molar-refractivity contribution in [3.8, 4) is 11.5 Å². The van der Waals surface area contributed by atoms with Crippen LogP contribution in [0.15, 0.2) is 77.2 Å². The number of thiocarbonyl (C=S) groups is 1. The van der Waals surface area contributed by atoms with Gasteiger partial charge in [0.25, 0.3) is 5.91 Å². The van der Waals surface area contributed by atoms with E-state index in [2.05, 4.69) is 15.6 Å². The van der Waals surface area contributed by atoms with Gasteiger partial charge in [-0.1, -0.05) is 41.9 Å². The molecule has 0 fully saturated rings. The van der Waals surface area contributed by atoms with Gasteiger partial charge in [0.2, 0.25) is 5.89 Å². The summed E-state index contributed by atoms with van der Waals surface area (Å²) in [5, 5.41) is 7.64. The molecule has 0 saturated carbocycles. The van der Waals surface area contributed by atoms with Crippen LogP contribution in [0.2, 0.25) is 5.02 Å². The van der Waals surface area contributed by atoms with Crippen molar-refractivity contribution in [2.45, 2.75) is 0 Å². The third-order valence-electron chi connectivity index (χ3n) is 5.12. The number of aromatic nitrogens is 1. The summed E-state index contributed by atoms with van der Waals surface area (Å²) in [4.78, 5) is 16.9. The second-order valence-electron chi connectivity index (χ2n) is 7.42. The van der Waals surface area contributed by atoms with Gasteiger partial charge in [0.15, 0.2) is 22.3 Å². The Labute approximate surface area is 202 Å². The van der Waals surface area contributed by atoms with Gasteiger partial charge in [0, 0.05) is 11.3 Å². The maximum absolute atomic E-state index is 13.6. The molecule has 0 saturated heterocycles. The summed E-state index contributed by atoms with van der Waals surface area (Å²) in [6, 6.07) is 19.9. The van der Waals surface area contributed by atoms with Crippen LogP contribution in [0.3, 0.4) is 0 Å². The Hall–Kier alpha value is -3.88. The van der Waals surface area contributed by atoms with Crippen molar-refractivity contribution in [2.24, 2.45) is 0 Å². The molecular weight excluding hydrogens is 480 g/mol. The number of halogens is 3. The van der Waals surface area contributed by atoms with Gasteiger partial charge in [-0.3, -0.25) is 10.1 Å². The number of nitrogens with zero attached hydrogens (tertiary/aromatic N) is 1. The van der Waals surface area contributed by atoms with Crippen LogP contribution in [0.25, 0.3) is 33.3 Å². The Bertz CT molecular complexity index is 1600. The highest BCUT2D eigenvalue weighted by Gasteiger charge is 2.16. The van der Waals surface area contributed by atoms with Gasteiger partial charge in [-0.2, -0.15) is 0 Å². The molecule has 4 aromatic carbocycles. The van der Waals surface area contributed by atoms with Crippen molar-refractivity contribution in [3.63, 3.8) is 0 Å². The van der Waals surface area contributed by atoms with Gasteiger partial charge >= 0.3 is 0 Å². The molecule has 5 rings (SSSR count). The Morgan fingerprint density at radius 1 is 0.941 bits per heavy atom. The lowest BCUT2D eigenvalue weighted by Gasteiger charge is -2.10. The summed E-state index contributed by atoms with van der Waals surface area (Å²) in [6.45, 7) is 0. The molecule has 5 nitrogen and oxygen atoms in total. The van der Waals surface area contributed by atoms with Crippen LogP contribution >= 0.6 is 23.8 Å². The van der Waals surface area contributed by atoms with Crippen molar-refractivity contribution in [2.75, 3.05) is 5.32 Å². The SMILES string of the molecule is O=C(NC(=S)Nc1ccc2oc(-c3cc(F)c(F)cc3Cl)nc2c1)c1ccc2ccccc2c1. The summed E-state index contributed by atoms with van der Waals surface area (Å²) in [5.74, 6) is -2.42. The Morgan fingerprint density at radius 2 is 1.71 bits per heavy atom. The van der Waals surface area contributed by atoms with E-state index in [1.807, 2.05) is 30.3 Å². The average molecular weight is 494 g/mol. The van der Waals surface area contributed by atoms with E-state index in [-0.39, 0.29) is 27.5 Å². The van der Waals surface area contributed by atoms with Crippen LogP contribution < -0.4 is 10.6 Å². The topological polar surface area (TPSA) is 67.2 Å². The maximum atomic E-state index is 13.6. The summed E-state index contributed by atoms with van der Waals surface area (Å²) < 4.78 is 32.6. The number of amides is 1. The Morgan fingerprint density at radius 3 is 2.53 bits per heavy atom. The highest BCUT2D eigenvalue weighted by Crippen LogP contribution is 2.32. The van der Waals surface area contributed by atoms with Crippen LogP contribution in [0.4, 0.5) is 14.5 Å². The predicted octanol–water partition coefficient (Wildman–Crippen LogP) is 6.71. The number of rotatable bonds is 3. The van der Waals surface area contributed by atoms with E-state index in [4.69, 9.17) is 28.2 Å². The highest BCUT2D eigenvalue weighted by atomic mass is 35.5. The van der Waals surface area contributed by atoms with E-state index in [0.717, 1.165) is 22.9 Å². The lowest BCUT2D eigenvalue weighted by atomic mass is 10.1. The molecule has 0 aliphatic carbocycles. The summed E-state index contributed by atoms with van der Waals surface area (Å²) in [5.41, 5.74) is 2.00. The number of carbonyl (C=O) groups excluding carboxylic acids is 1. The van der Waals surface area contributed by atoms with E-state index in [1.54, 1.807) is 30.3 Å². The first-order chi connectivity index (χ1) is 16.4. The van der Waals surface area contributed by atoms with E-state index in [0.29, 0.717) is 22.4 Å². The molecule has 0 aliphatic rings. The lowest BCUT2D eigenvalue weighted by molar-refractivity contribution is 0.0978. The van der Waals surface area contributed by atoms with Crippen molar-refractivity contribution >= 4 is 62.4 Å². The molecule has 0 radical (unpaired) electrons. The summed E-state index contributed by atoms with van der Waals surface area (Å²) >= 11 is 11.3. The molecule has 0 atom stereocenters. The standard InChI is InChI=1S/C25H14ClF2N3O2S/c26-18-12-20(28)19(27)11-17(18)24-30-21-10-16(7-8-22(21)33-24)29-25(34)31-23(32)15-6-5-13-3-1-2-4-14(13)9-15/h1-12H,(H2,29,31,32,34). The minimum absolute atomic E-state index is 0.0265. The zero-order valence-electron chi connectivity index (χ0n) is 17.2. The third-order valence-corrected chi connectivity index (χ3v) is 5.64. The molecule has 1 amide bonds. The molecule has 1 aromatic heterocycles. The molecule has 1 heterocycles. The summed E-state index contributed by atoms with van der Waals surface area (Å²) in [7, 11) is 0. The molecule has 0 aliphatic heterocycles. The first kappa shape index (κ1) is 21.9. The van der Waals surface area contributed by atoms with Gasteiger partial charge < -0.3 is 9.73 Å². The molecule has 2 N–H and O–H groups in total. The van der Waals surface area contributed by atoms with Gasteiger partial charge in [-0.25, -0.2) is 13.8 Å². The molecule has 5 aromatic rings. The van der Waals surface area contributed by atoms with Crippen molar-refractivity contribution < 1.29 is 18.0 Å². The first-order valence-electron chi connectivity index (χ1n) is 10.0. The largest absolute Gasteiger partial charge is 0.436 e. The second kappa shape index (κ2) is 8.81. The molecule has 0 spiro atoms. The number of hydrogen-bond donors (Lipinski definition) is 2. The third kappa shape index (κ3) is 4.33. The van der Waals surface area contributed by atoms with Crippen LogP contribution in [0.5, 0.6) is 0 Å². The van der Waals surface area contributed by atoms with Crippen molar-refractivity contribution in [3.05, 3.63) is 95.0 Å². The predicted molar refractivity (Wildman–Crippen MR) is 132 cm³/mol. The average Bonchev–Trinajstić information content (AvgIpc) is 3.24. The first-order valence-corrected chi connectivity index (χ1v) is 10.8. The number of hydrogen-bond acceptors (Lipinski definition) is 4. The fraction of sp³-hybridized carbons (Fsp3) is 0. The van der Waals surface area contributed by atoms with Gasteiger partial charge in [-0.15, -0.1) is 0 Å². The van der Waals surface area contributed by atoms with Crippen LogP contribution in [-0.4, -0.2) is 16.0 Å². The number of nitrogens with one attached hydrogen (secondary N) is 2. The minimum atomic E-state index is -1.06. The quantitative estimate of drug-likeness (QED) is 0.216. The maximum Gasteiger partial charge on any atom is 0.257 e. The fourth-order valence-electron chi connectivity index (χ4n) is 3.48. The summed E-state index contributed by atoms with van der Waals surface area (Å²) in [6.07, 6.45) is 0. The van der Waals surface area contributed by atoms with Crippen LogP contribution in [0, 0.1) is 11.6 Å². The number of oxazole rings is 1. The molecule has 0 unspecified atom stereocenters.